The molecule has 0 saturated heterocycles. The van der Waals surface area contributed by atoms with E-state index in [0.717, 1.165) is 63.6 Å². The second-order valence-corrected chi connectivity index (χ2v) is 12.3. The van der Waals surface area contributed by atoms with E-state index in [1.807, 2.05) is 6.07 Å². The van der Waals surface area contributed by atoms with Gasteiger partial charge in [0.15, 0.2) is 11.5 Å². The van der Waals surface area contributed by atoms with E-state index in [1.54, 1.807) is 6.07 Å². The Balaban J connectivity index is 3.00. The van der Waals surface area contributed by atoms with Gasteiger partial charge >= 0.3 is 5.97 Å². The lowest BCUT2D eigenvalue weighted by atomic mass is 9.85. The van der Waals surface area contributed by atoms with Crippen LogP contribution in [0.5, 0.6) is 11.5 Å². The average molecular weight is 576 g/mol. The minimum Gasteiger partial charge on any atom is -0.504 e. The number of carboxylic acids is 1. The highest BCUT2D eigenvalue weighted by Crippen LogP contribution is 2.35. The fourth-order valence-corrected chi connectivity index (χ4v) is 6.12. The molecule has 0 aliphatic rings. The second kappa shape index (κ2) is 24.8. The summed E-state index contributed by atoms with van der Waals surface area (Å²) < 4.78 is 0. The Morgan fingerprint density at radius 2 is 1.02 bits per heavy atom. The van der Waals surface area contributed by atoms with Crippen molar-refractivity contribution in [1.82, 2.24) is 4.90 Å². The number of unbranched alkanes of at least 4 members (excludes halogenated alkanes) is 18. The lowest BCUT2D eigenvalue weighted by Gasteiger charge is -2.35. The second-order valence-electron chi connectivity index (χ2n) is 12.3. The largest absolute Gasteiger partial charge is 0.504 e. The van der Waals surface area contributed by atoms with E-state index in [1.165, 1.54) is 102 Å². The zero-order chi connectivity index (χ0) is 30.1. The van der Waals surface area contributed by atoms with Crippen molar-refractivity contribution in [2.75, 3.05) is 13.1 Å². The molecule has 41 heavy (non-hydrogen) atoms. The molecule has 0 saturated carbocycles. The smallest absolute Gasteiger partial charge is 0.321 e. The van der Waals surface area contributed by atoms with Crippen molar-refractivity contribution in [2.24, 2.45) is 0 Å². The molecule has 2 atom stereocenters. The van der Waals surface area contributed by atoms with Gasteiger partial charge in [0.2, 0.25) is 0 Å². The fraction of sp³-hybridized carbons (Fsp3) is 0.806. The van der Waals surface area contributed by atoms with Crippen LogP contribution in [-0.2, 0) is 4.79 Å². The van der Waals surface area contributed by atoms with Gasteiger partial charge in [-0.25, -0.2) is 0 Å². The van der Waals surface area contributed by atoms with Gasteiger partial charge in [-0.3, -0.25) is 9.69 Å². The van der Waals surface area contributed by atoms with Crippen molar-refractivity contribution in [2.45, 2.75) is 174 Å². The molecule has 0 radical (unpaired) electrons. The number of aromatic hydroxyl groups is 2. The number of phenolic OH excluding ortho intramolecular Hbond substituents is 2. The lowest BCUT2D eigenvalue weighted by Crippen LogP contribution is -2.46. The molecule has 0 heterocycles. The van der Waals surface area contributed by atoms with Gasteiger partial charge in [-0.2, -0.15) is 0 Å². The molecule has 0 spiro atoms. The summed E-state index contributed by atoms with van der Waals surface area (Å²) in [6.07, 6.45) is 26.1. The maximum absolute atomic E-state index is 13.0. The molecule has 0 bridgehead atoms. The third kappa shape index (κ3) is 17.1. The Hall–Kier alpha value is -1.75. The molecule has 0 aliphatic heterocycles. The SMILES string of the molecule is CCCCCCCCCC(c1ccc(O)c(O)c1)[C@@H](C(=O)O)N(CCCCCCCCC)CCCCCCCCC. The van der Waals surface area contributed by atoms with Crippen molar-refractivity contribution in [3.63, 3.8) is 0 Å². The summed E-state index contributed by atoms with van der Waals surface area (Å²) in [5.41, 5.74) is 0.822. The third-order valence-corrected chi connectivity index (χ3v) is 8.67. The zero-order valence-electron chi connectivity index (χ0n) is 27.1. The highest BCUT2D eigenvalue weighted by molar-refractivity contribution is 5.75. The normalized spacial score (nSPS) is 13.1. The van der Waals surface area contributed by atoms with Crippen LogP contribution in [0.4, 0.5) is 0 Å². The van der Waals surface area contributed by atoms with Gasteiger partial charge in [0.05, 0.1) is 0 Å². The van der Waals surface area contributed by atoms with Crippen LogP contribution in [0.25, 0.3) is 0 Å². The predicted octanol–water partition coefficient (Wildman–Crippen LogP) is 10.6. The Morgan fingerprint density at radius 3 is 1.44 bits per heavy atom. The molecular weight excluding hydrogens is 510 g/mol. The molecule has 1 rings (SSSR count). The van der Waals surface area contributed by atoms with Crippen LogP contribution in [-0.4, -0.2) is 45.3 Å². The van der Waals surface area contributed by atoms with Crippen LogP contribution in [0.1, 0.15) is 174 Å². The molecule has 1 unspecified atom stereocenters. The highest BCUT2D eigenvalue weighted by atomic mass is 16.4. The van der Waals surface area contributed by atoms with Crippen LogP contribution < -0.4 is 0 Å². The van der Waals surface area contributed by atoms with Gasteiger partial charge in [0.1, 0.15) is 6.04 Å². The molecular formula is C36H65NO4. The number of rotatable bonds is 28. The first kappa shape index (κ1) is 37.3. The first-order valence-corrected chi connectivity index (χ1v) is 17.4. The molecule has 0 aromatic heterocycles. The predicted molar refractivity (Wildman–Crippen MR) is 174 cm³/mol. The van der Waals surface area contributed by atoms with Gasteiger partial charge in [-0.05, 0) is 50.0 Å². The van der Waals surface area contributed by atoms with Crippen LogP contribution in [0.3, 0.4) is 0 Å². The lowest BCUT2D eigenvalue weighted by molar-refractivity contribution is -0.144. The Bertz CT molecular complexity index is 750. The first-order chi connectivity index (χ1) is 20.0. The van der Waals surface area contributed by atoms with E-state index in [0.29, 0.717) is 0 Å². The Labute approximate surface area is 253 Å². The molecule has 238 valence electrons. The summed E-state index contributed by atoms with van der Waals surface area (Å²) in [5, 5.41) is 30.9. The number of nitrogens with zero attached hydrogens (tertiary/aromatic N) is 1. The number of carboxylic acid groups (broad SMARTS) is 1. The number of phenols is 2. The molecule has 1 aromatic carbocycles. The molecule has 5 heteroatoms. The summed E-state index contributed by atoms with van der Waals surface area (Å²) in [6.45, 7) is 8.32. The molecule has 3 N–H and O–H groups in total. The molecule has 0 aliphatic carbocycles. The van der Waals surface area contributed by atoms with E-state index < -0.39 is 12.0 Å². The summed E-state index contributed by atoms with van der Waals surface area (Å²) in [5.74, 6) is -1.31. The number of carbonyl (C=O) groups is 1. The first-order valence-electron chi connectivity index (χ1n) is 17.4. The van der Waals surface area contributed by atoms with Gasteiger partial charge < -0.3 is 15.3 Å². The van der Waals surface area contributed by atoms with Gasteiger partial charge in [0, 0.05) is 5.92 Å². The number of hydrogen-bond donors (Lipinski definition) is 3. The van der Waals surface area contributed by atoms with Crippen molar-refractivity contribution in [1.29, 1.82) is 0 Å². The van der Waals surface area contributed by atoms with Crippen molar-refractivity contribution >= 4 is 5.97 Å². The van der Waals surface area contributed by atoms with Crippen molar-refractivity contribution in [3.05, 3.63) is 23.8 Å². The van der Waals surface area contributed by atoms with Crippen LogP contribution in [0, 0.1) is 0 Å². The van der Waals surface area contributed by atoms with Gasteiger partial charge in [-0.15, -0.1) is 0 Å². The summed E-state index contributed by atoms with van der Waals surface area (Å²) in [7, 11) is 0. The maximum Gasteiger partial charge on any atom is 0.321 e. The fourth-order valence-electron chi connectivity index (χ4n) is 6.12. The Morgan fingerprint density at radius 1 is 0.610 bits per heavy atom. The quantitative estimate of drug-likeness (QED) is 0.0684. The molecule has 0 amide bonds. The number of hydrogen-bond acceptors (Lipinski definition) is 4. The van der Waals surface area contributed by atoms with E-state index in [2.05, 4.69) is 25.7 Å². The van der Waals surface area contributed by atoms with E-state index in [-0.39, 0.29) is 17.4 Å². The zero-order valence-corrected chi connectivity index (χ0v) is 27.1. The monoisotopic (exact) mass is 575 g/mol. The topological polar surface area (TPSA) is 81.0 Å². The van der Waals surface area contributed by atoms with E-state index >= 15 is 0 Å². The minimum absolute atomic E-state index is 0.154. The molecule has 0 fully saturated rings. The Kier molecular flexibility index (Phi) is 22.6. The summed E-state index contributed by atoms with van der Waals surface area (Å²) >= 11 is 0. The number of benzene rings is 1. The minimum atomic E-state index is -0.767. The van der Waals surface area contributed by atoms with Gasteiger partial charge in [0.25, 0.3) is 0 Å². The molecule has 1 aromatic rings. The maximum atomic E-state index is 13.0. The standard InChI is InChI=1S/C36H65NO4/c1-4-7-10-13-16-19-22-25-32(31-26-27-33(38)34(39)30-31)35(36(40)41)37(28-23-20-17-14-11-8-5-2)29-24-21-18-15-12-9-6-3/h26-27,30,32,35,38-39H,4-25,28-29H2,1-3H3,(H,40,41)/t32?,35-/m0/s1. The third-order valence-electron chi connectivity index (χ3n) is 8.67. The molecule has 5 nitrogen and oxygen atoms in total. The average Bonchev–Trinajstić information content (AvgIpc) is 2.95. The van der Waals surface area contributed by atoms with Crippen LogP contribution in [0.15, 0.2) is 18.2 Å². The summed E-state index contributed by atoms with van der Waals surface area (Å²) in [4.78, 5) is 15.2. The van der Waals surface area contributed by atoms with E-state index in [9.17, 15) is 20.1 Å². The van der Waals surface area contributed by atoms with Crippen molar-refractivity contribution < 1.29 is 20.1 Å². The van der Waals surface area contributed by atoms with Gasteiger partial charge in [-0.1, -0.05) is 149 Å². The van der Waals surface area contributed by atoms with Crippen LogP contribution in [0.2, 0.25) is 0 Å². The number of aliphatic carboxylic acids is 1. The van der Waals surface area contributed by atoms with Crippen molar-refractivity contribution in [3.8, 4) is 11.5 Å². The van der Waals surface area contributed by atoms with E-state index in [4.69, 9.17) is 0 Å². The highest BCUT2D eigenvalue weighted by Gasteiger charge is 2.34. The van der Waals surface area contributed by atoms with Crippen LogP contribution >= 0.6 is 0 Å². The summed E-state index contributed by atoms with van der Waals surface area (Å²) in [6, 6.07) is 4.30.